The summed E-state index contributed by atoms with van der Waals surface area (Å²) in [6, 6.07) is 16.7. The largest absolute Gasteiger partial charge is 0.479 e. The molecular weight excluding hydrogens is 240 g/mol. The van der Waals surface area contributed by atoms with Gasteiger partial charge in [0.1, 0.15) is 0 Å². The highest BCUT2D eigenvalue weighted by atomic mass is 16.4. The van der Waals surface area contributed by atoms with Gasteiger partial charge in [-0.1, -0.05) is 74.5 Å². The molecule has 3 heteroatoms. The number of aliphatic carboxylic acids is 1. The first kappa shape index (κ1) is 14.9. The highest BCUT2D eigenvalue weighted by molar-refractivity contribution is 5.83. The molecule has 100 valence electrons. The van der Waals surface area contributed by atoms with Gasteiger partial charge in [0.2, 0.25) is 5.60 Å². The second-order valence-corrected chi connectivity index (χ2v) is 3.75. The predicted octanol–water partition coefficient (Wildman–Crippen LogP) is 3.03. The van der Waals surface area contributed by atoms with Gasteiger partial charge in [0.15, 0.2) is 0 Å². The lowest BCUT2D eigenvalue weighted by Crippen LogP contribution is -2.36. The van der Waals surface area contributed by atoms with E-state index in [-0.39, 0.29) is 0 Å². The minimum Gasteiger partial charge on any atom is -0.479 e. The van der Waals surface area contributed by atoms with Crippen molar-refractivity contribution in [2.75, 3.05) is 0 Å². The molecule has 2 aromatic rings. The van der Waals surface area contributed by atoms with Gasteiger partial charge in [-0.05, 0) is 11.1 Å². The molecule has 0 amide bonds. The van der Waals surface area contributed by atoms with Crippen LogP contribution >= 0.6 is 0 Å². The van der Waals surface area contributed by atoms with Crippen molar-refractivity contribution in [3.8, 4) is 0 Å². The predicted molar refractivity (Wildman–Crippen MR) is 74.9 cm³/mol. The van der Waals surface area contributed by atoms with Crippen LogP contribution in [0.1, 0.15) is 25.0 Å². The molecule has 0 saturated carbocycles. The summed E-state index contributed by atoms with van der Waals surface area (Å²) < 4.78 is 0. The molecule has 0 spiro atoms. The summed E-state index contributed by atoms with van der Waals surface area (Å²) in [7, 11) is 0. The van der Waals surface area contributed by atoms with Crippen molar-refractivity contribution in [2.45, 2.75) is 19.4 Å². The third kappa shape index (κ3) is 3.01. The number of hydrogen-bond donors (Lipinski definition) is 2. The second-order valence-electron chi connectivity index (χ2n) is 3.75. The Bertz CT molecular complexity index is 467. The number of aliphatic hydroxyl groups is 1. The van der Waals surface area contributed by atoms with Crippen LogP contribution < -0.4 is 0 Å². The van der Waals surface area contributed by atoms with E-state index in [0.29, 0.717) is 11.1 Å². The lowest BCUT2D eigenvalue weighted by atomic mass is 9.86. The molecule has 0 fully saturated rings. The third-order valence-electron chi connectivity index (χ3n) is 2.69. The molecule has 0 radical (unpaired) electrons. The zero-order valence-corrected chi connectivity index (χ0v) is 11.1. The average Bonchev–Trinajstić information content (AvgIpc) is 2.50. The first-order chi connectivity index (χ1) is 9.15. The van der Waals surface area contributed by atoms with E-state index in [1.807, 2.05) is 13.8 Å². The zero-order valence-electron chi connectivity index (χ0n) is 11.1. The quantitative estimate of drug-likeness (QED) is 0.889. The van der Waals surface area contributed by atoms with Gasteiger partial charge in [-0.2, -0.15) is 0 Å². The number of hydrogen-bond acceptors (Lipinski definition) is 2. The molecule has 2 N–H and O–H groups in total. The Morgan fingerprint density at radius 3 is 1.42 bits per heavy atom. The topological polar surface area (TPSA) is 57.5 Å². The third-order valence-corrected chi connectivity index (χ3v) is 2.69. The maximum atomic E-state index is 11.4. The van der Waals surface area contributed by atoms with Crippen LogP contribution in [-0.2, 0) is 10.4 Å². The fourth-order valence-electron chi connectivity index (χ4n) is 1.77. The number of carboxylic acid groups (broad SMARTS) is 1. The SMILES string of the molecule is CC.O=C(O)C(O)(c1ccccc1)c1ccccc1. The van der Waals surface area contributed by atoms with Crippen molar-refractivity contribution in [1.82, 2.24) is 0 Å². The molecule has 0 atom stereocenters. The van der Waals surface area contributed by atoms with Crippen molar-refractivity contribution >= 4 is 5.97 Å². The van der Waals surface area contributed by atoms with Crippen molar-refractivity contribution in [3.05, 3.63) is 71.8 Å². The van der Waals surface area contributed by atoms with E-state index in [2.05, 4.69) is 0 Å². The van der Waals surface area contributed by atoms with Gasteiger partial charge < -0.3 is 10.2 Å². The van der Waals surface area contributed by atoms with Crippen LogP contribution in [0, 0.1) is 0 Å². The van der Waals surface area contributed by atoms with Crippen molar-refractivity contribution in [2.24, 2.45) is 0 Å². The van der Waals surface area contributed by atoms with Crippen LogP contribution in [0.2, 0.25) is 0 Å². The summed E-state index contributed by atoms with van der Waals surface area (Å²) in [4.78, 5) is 11.4. The highest BCUT2D eigenvalue weighted by Gasteiger charge is 2.39. The van der Waals surface area contributed by atoms with Gasteiger partial charge in [0.05, 0.1) is 0 Å². The first-order valence-corrected chi connectivity index (χ1v) is 6.22. The van der Waals surface area contributed by atoms with Crippen molar-refractivity contribution in [3.63, 3.8) is 0 Å². The molecule has 3 nitrogen and oxygen atoms in total. The van der Waals surface area contributed by atoms with Crippen molar-refractivity contribution < 1.29 is 15.0 Å². The lowest BCUT2D eigenvalue weighted by molar-refractivity contribution is -0.155. The Balaban J connectivity index is 0.000000861. The summed E-state index contributed by atoms with van der Waals surface area (Å²) in [6.45, 7) is 4.00. The number of carbonyl (C=O) groups is 1. The smallest absolute Gasteiger partial charge is 0.345 e. The summed E-state index contributed by atoms with van der Waals surface area (Å²) in [5, 5.41) is 19.7. The van der Waals surface area contributed by atoms with Gasteiger partial charge in [-0.15, -0.1) is 0 Å². The minimum atomic E-state index is -2.00. The fraction of sp³-hybridized carbons (Fsp3) is 0.188. The molecule has 2 aromatic carbocycles. The Kier molecular flexibility index (Phi) is 5.27. The molecular formula is C16H18O3. The van der Waals surface area contributed by atoms with E-state index in [1.54, 1.807) is 60.7 Å². The van der Waals surface area contributed by atoms with Crippen LogP contribution in [0.25, 0.3) is 0 Å². The van der Waals surface area contributed by atoms with Gasteiger partial charge in [-0.25, -0.2) is 4.79 Å². The standard InChI is InChI=1S/C14H12O3.C2H6/c15-13(16)14(17,11-7-3-1-4-8-11)12-9-5-2-6-10-12;1-2/h1-10,17H,(H,15,16);1-2H3. The Labute approximate surface area is 113 Å². The molecule has 19 heavy (non-hydrogen) atoms. The number of rotatable bonds is 3. The Hall–Kier alpha value is -2.13. The summed E-state index contributed by atoms with van der Waals surface area (Å²) in [5.74, 6) is -1.28. The van der Waals surface area contributed by atoms with Gasteiger partial charge in [-0.3, -0.25) is 0 Å². The molecule has 0 aliphatic heterocycles. The average molecular weight is 258 g/mol. The summed E-state index contributed by atoms with van der Waals surface area (Å²) in [6.07, 6.45) is 0. The van der Waals surface area contributed by atoms with Crippen LogP contribution in [0.15, 0.2) is 60.7 Å². The monoisotopic (exact) mass is 258 g/mol. The molecule has 0 aliphatic carbocycles. The number of carboxylic acids is 1. The Morgan fingerprint density at radius 2 is 1.16 bits per heavy atom. The molecule has 0 aliphatic rings. The van der Waals surface area contributed by atoms with Crippen LogP contribution in [0.3, 0.4) is 0 Å². The maximum absolute atomic E-state index is 11.4. The lowest BCUT2D eigenvalue weighted by Gasteiger charge is -2.24. The second kappa shape index (κ2) is 6.71. The van der Waals surface area contributed by atoms with E-state index in [0.717, 1.165) is 0 Å². The van der Waals surface area contributed by atoms with Crippen molar-refractivity contribution in [1.29, 1.82) is 0 Å². The van der Waals surface area contributed by atoms with E-state index in [1.165, 1.54) is 0 Å². The molecule has 0 aromatic heterocycles. The highest BCUT2D eigenvalue weighted by Crippen LogP contribution is 2.29. The minimum absolute atomic E-state index is 0.346. The molecule has 0 bridgehead atoms. The Morgan fingerprint density at radius 1 is 0.842 bits per heavy atom. The molecule has 0 heterocycles. The zero-order chi connectivity index (χ0) is 14.3. The van der Waals surface area contributed by atoms with E-state index >= 15 is 0 Å². The van der Waals surface area contributed by atoms with Crippen LogP contribution in [0.5, 0.6) is 0 Å². The summed E-state index contributed by atoms with van der Waals surface area (Å²) >= 11 is 0. The van der Waals surface area contributed by atoms with Gasteiger partial charge in [0.25, 0.3) is 0 Å². The van der Waals surface area contributed by atoms with Crippen LogP contribution in [0.4, 0.5) is 0 Å². The van der Waals surface area contributed by atoms with Gasteiger partial charge >= 0.3 is 5.97 Å². The maximum Gasteiger partial charge on any atom is 0.345 e. The molecule has 0 saturated heterocycles. The van der Waals surface area contributed by atoms with Crippen LogP contribution in [-0.4, -0.2) is 16.2 Å². The van der Waals surface area contributed by atoms with Gasteiger partial charge in [0, 0.05) is 0 Å². The molecule has 0 unspecified atom stereocenters. The van der Waals surface area contributed by atoms with E-state index in [4.69, 9.17) is 0 Å². The number of benzene rings is 2. The molecule has 2 rings (SSSR count). The summed E-state index contributed by atoms with van der Waals surface area (Å²) in [5.41, 5.74) is -1.31. The fourth-order valence-corrected chi connectivity index (χ4v) is 1.77. The van der Waals surface area contributed by atoms with E-state index in [9.17, 15) is 15.0 Å². The van der Waals surface area contributed by atoms with E-state index < -0.39 is 11.6 Å². The first-order valence-electron chi connectivity index (χ1n) is 6.22. The normalized spacial score (nSPS) is 10.3.